The van der Waals surface area contributed by atoms with Crippen LogP contribution in [0.2, 0.25) is 0 Å². The summed E-state index contributed by atoms with van der Waals surface area (Å²) in [5, 5.41) is 8.82. The number of amides is 1. The van der Waals surface area contributed by atoms with E-state index in [1.165, 1.54) is 24.1 Å². The quantitative estimate of drug-likeness (QED) is 0.886. The molecule has 1 N–H and O–H groups in total. The summed E-state index contributed by atoms with van der Waals surface area (Å²) in [6, 6.07) is 6.10. The fourth-order valence-electron chi connectivity index (χ4n) is 1.60. The summed E-state index contributed by atoms with van der Waals surface area (Å²) in [6.45, 7) is 4.89. The summed E-state index contributed by atoms with van der Waals surface area (Å²) in [4.78, 5) is 24.1. The number of carboxylic acids is 1. The molecule has 0 aliphatic rings. The lowest BCUT2D eigenvalue weighted by atomic mass is 10.1. The van der Waals surface area contributed by atoms with Crippen molar-refractivity contribution in [3.8, 4) is 0 Å². The van der Waals surface area contributed by atoms with Crippen molar-refractivity contribution in [2.24, 2.45) is 0 Å². The van der Waals surface area contributed by atoms with Crippen LogP contribution in [0.5, 0.6) is 0 Å². The first kappa shape index (κ1) is 18.2. The highest BCUT2D eigenvalue weighted by molar-refractivity contribution is 7.93. The summed E-state index contributed by atoms with van der Waals surface area (Å²) in [7, 11) is -2.00. The van der Waals surface area contributed by atoms with E-state index in [1.54, 1.807) is 32.9 Å². The third kappa shape index (κ3) is 4.56. The van der Waals surface area contributed by atoms with Gasteiger partial charge in [0, 0.05) is 13.6 Å². The zero-order chi connectivity index (χ0) is 17.1. The van der Waals surface area contributed by atoms with Crippen LogP contribution in [0.25, 0.3) is 0 Å². The molecule has 0 fully saturated rings. The number of nitrogens with zero attached hydrogens (tertiary/aromatic N) is 1. The van der Waals surface area contributed by atoms with E-state index in [4.69, 9.17) is 5.11 Å². The number of carbonyl (C=O) groups is 2. The molecule has 6 nitrogen and oxygen atoms in total. The second kappa shape index (κ2) is 6.48. The molecule has 0 atom stereocenters. The highest BCUT2D eigenvalue weighted by Gasteiger charge is 2.32. The Kier molecular flexibility index (Phi) is 5.35. The predicted octanol–water partition coefficient (Wildman–Crippen LogP) is 1.56. The fraction of sp³-hybridized carbons (Fsp3) is 0.467. The maximum absolute atomic E-state index is 12.0. The summed E-state index contributed by atoms with van der Waals surface area (Å²) in [5.74, 6) is -2.05. The first-order valence-electron chi connectivity index (χ1n) is 6.72. The van der Waals surface area contributed by atoms with Gasteiger partial charge in [-0.3, -0.25) is 4.79 Å². The van der Waals surface area contributed by atoms with E-state index >= 15 is 0 Å². The number of benzene rings is 1. The highest BCUT2D eigenvalue weighted by atomic mass is 32.2. The molecule has 0 spiro atoms. The molecule has 0 aliphatic carbocycles. The summed E-state index contributed by atoms with van der Waals surface area (Å²) >= 11 is 0. The van der Waals surface area contributed by atoms with Crippen molar-refractivity contribution in [1.29, 1.82) is 0 Å². The van der Waals surface area contributed by atoms with Crippen molar-refractivity contribution in [1.82, 2.24) is 4.90 Å². The van der Waals surface area contributed by atoms with E-state index in [2.05, 4.69) is 0 Å². The third-order valence-corrected chi connectivity index (χ3v) is 5.79. The first-order valence-corrected chi connectivity index (χ1v) is 8.38. The lowest BCUT2D eigenvalue weighted by molar-refractivity contribution is -0.127. The molecular formula is C15H21NO5S. The fourth-order valence-corrected chi connectivity index (χ4v) is 2.58. The van der Waals surface area contributed by atoms with Gasteiger partial charge in [-0.15, -0.1) is 0 Å². The Morgan fingerprint density at radius 3 is 2.05 bits per heavy atom. The van der Waals surface area contributed by atoms with Gasteiger partial charge in [-0.1, -0.05) is 12.1 Å². The highest BCUT2D eigenvalue weighted by Crippen LogP contribution is 2.16. The molecular weight excluding hydrogens is 306 g/mol. The normalized spacial score (nSPS) is 12.0. The predicted molar refractivity (Wildman–Crippen MR) is 83.4 cm³/mol. The molecule has 1 rings (SSSR count). The molecule has 1 aromatic rings. The largest absolute Gasteiger partial charge is 0.478 e. The topological polar surface area (TPSA) is 91.8 Å². The van der Waals surface area contributed by atoms with Crippen LogP contribution in [0, 0.1) is 0 Å². The van der Waals surface area contributed by atoms with Gasteiger partial charge < -0.3 is 10.0 Å². The van der Waals surface area contributed by atoms with Crippen LogP contribution in [0.1, 0.15) is 36.7 Å². The second-order valence-electron chi connectivity index (χ2n) is 6.12. The minimum absolute atomic E-state index is 0.160. The number of hydrogen-bond acceptors (Lipinski definition) is 4. The summed E-state index contributed by atoms with van der Waals surface area (Å²) in [6.07, 6.45) is 0. The lowest BCUT2D eigenvalue weighted by Crippen LogP contribution is -2.39. The van der Waals surface area contributed by atoms with E-state index in [-0.39, 0.29) is 12.1 Å². The van der Waals surface area contributed by atoms with Crippen LogP contribution >= 0.6 is 0 Å². The molecule has 1 aromatic carbocycles. The molecule has 0 aliphatic heterocycles. The van der Waals surface area contributed by atoms with Crippen molar-refractivity contribution in [3.05, 3.63) is 35.4 Å². The Balaban J connectivity index is 2.75. The van der Waals surface area contributed by atoms with E-state index in [0.717, 1.165) is 5.56 Å². The van der Waals surface area contributed by atoms with E-state index in [9.17, 15) is 18.0 Å². The number of aromatic carboxylic acids is 1. The Morgan fingerprint density at radius 1 is 1.14 bits per heavy atom. The van der Waals surface area contributed by atoms with Gasteiger partial charge >= 0.3 is 5.97 Å². The molecule has 0 heterocycles. The van der Waals surface area contributed by atoms with Crippen molar-refractivity contribution in [3.63, 3.8) is 0 Å². The van der Waals surface area contributed by atoms with Gasteiger partial charge in [0.1, 0.15) is 5.75 Å². The van der Waals surface area contributed by atoms with E-state index in [1.807, 2.05) is 0 Å². The lowest BCUT2D eigenvalue weighted by Gasteiger charge is -2.22. The van der Waals surface area contributed by atoms with Gasteiger partial charge in [-0.2, -0.15) is 0 Å². The van der Waals surface area contributed by atoms with Crippen LogP contribution in [-0.4, -0.2) is 47.8 Å². The molecule has 122 valence electrons. The Bertz CT molecular complexity index is 656. The van der Waals surface area contributed by atoms with Gasteiger partial charge in [-0.25, -0.2) is 13.2 Å². The third-order valence-electron chi connectivity index (χ3n) is 3.29. The van der Waals surface area contributed by atoms with Gasteiger partial charge in [-0.05, 0) is 38.5 Å². The molecule has 0 bridgehead atoms. The Morgan fingerprint density at radius 2 is 1.64 bits per heavy atom. The van der Waals surface area contributed by atoms with Crippen molar-refractivity contribution in [2.45, 2.75) is 32.1 Å². The van der Waals surface area contributed by atoms with Crippen LogP contribution in [0.3, 0.4) is 0 Å². The number of sulfone groups is 1. The molecule has 0 unspecified atom stereocenters. The van der Waals surface area contributed by atoms with Crippen LogP contribution in [-0.2, 0) is 21.2 Å². The Labute approximate surface area is 130 Å². The van der Waals surface area contributed by atoms with Gasteiger partial charge in [0.05, 0.1) is 10.3 Å². The average molecular weight is 327 g/mol. The zero-order valence-electron chi connectivity index (χ0n) is 13.2. The second-order valence-corrected chi connectivity index (χ2v) is 8.87. The first-order chi connectivity index (χ1) is 9.94. The average Bonchev–Trinajstić information content (AvgIpc) is 2.37. The maximum atomic E-state index is 12.0. The number of rotatable bonds is 5. The Hall–Kier alpha value is -1.89. The monoisotopic (exact) mass is 327 g/mol. The van der Waals surface area contributed by atoms with Gasteiger partial charge in [0.25, 0.3) is 0 Å². The van der Waals surface area contributed by atoms with E-state index < -0.39 is 32.2 Å². The van der Waals surface area contributed by atoms with Crippen molar-refractivity contribution in [2.75, 3.05) is 12.8 Å². The maximum Gasteiger partial charge on any atom is 0.335 e. The molecule has 0 aromatic heterocycles. The molecule has 0 saturated heterocycles. The van der Waals surface area contributed by atoms with Crippen LogP contribution in [0.4, 0.5) is 0 Å². The van der Waals surface area contributed by atoms with Crippen LogP contribution < -0.4 is 0 Å². The van der Waals surface area contributed by atoms with Crippen molar-refractivity contribution < 1.29 is 23.1 Å². The number of carboxylic acid groups (broad SMARTS) is 1. The molecule has 22 heavy (non-hydrogen) atoms. The van der Waals surface area contributed by atoms with Crippen molar-refractivity contribution >= 4 is 21.7 Å². The standard InChI is InChI=1S/C15H21NO5S/c1-15(2,3)22(20,21)10-13(17)16(4)9-11-5-7-12(8-6-11)14(18)19/h5-8H,9-10H2,1-4H3,(H,18,19). The number of carbonyl (C=O) groups excluding carboxylic acids is 1. The number of hydrogen-bond donors (Lipinski definition) is 1. The summed E-state index contributed by atoms with van der Waals surface area (Å²) < 4.78 is 23.1. The smallest absolute Gasteiger partial charge is 0.335 e. The van der Waals surface area contributed by atoms with Gasteiger partial charge in [0.2, 0.25) is 5.91 Å². The SMILES string of the molecule is CN(Cc1ccc(C(=O)O)cc1)C(=O)CS(=O)(=O)C(C)(C)C. The zero-order valence-corrected chi connectivity index (χ0v) is 14.0. The molecule has 1 amide bonds. The van der Waals surface area contributed by atoms with Crippen LogP contribution in [0.15, 0.2) is 24.3 Å². The minimum atomic E-state index is -3.52. The minimum Gasteiger partial charge on any atom is -0.478 e. The molecule has 7 heteroatoms. The molecule has 0 radical (unpaired) electrons. The van der Waals surface area contributed by atoms with Gasteiger partial charge in [0.15, 0.2) is 9.84 Å². The van der Waals surface area contributed by atoms with E-state index in [0.29, 0.717) is 0 Å². The molecule has 0 saturated carbocycles. The summed E-state index contributed by atoms with van der Waals surface area (Å²) in [5.41, 5.74) is 0.891.